The minimum Gasteiger partial charge on any atom is -0.354 e. The highest BCUT2D eigenvalue weighted by atomic mass is 79.9. The Morgan fingerprint density at radius 1 is 0.976 bits per heavy atom. The predicted molar refractivity (Wildman–Crippen MR) is 169 cm³/mol. The molecule has 0 radical (unpaired) electrons. The number of piperazine rings is 1. The van der Waals surface area contributed by atoms with Crippen LogP contribution in [0.5, 0.6) is 0 Å². The maximum atomic E-state index is 12.5. The molecule has 1 aromatic heterocycles. The van der Waals surface area contributed by atoms with E-state index in [0.29, 0.717) is 5.95 Å². The van der Waals surface area contributed by atoms with Gasteiger partial charge in [0.15, 0.2) is 0 Å². The molecule has 4 N–H and O–H groups in total. The number of nitrogens with zero attached hydrogens (tertiary/aromatic N) is 3. The summed E-state index contributed by atoms with van der Waals surface area (Å²) < 4.78 is 0.833. The summed E-state index contributed by atoms with van der Waals surface area (Å²) in [6, 6.07) is 23.9. The third-order valence-electron chi connectivity index (χ3n) is 7.72. The molecular weight excluding hydrogens is 578 g/mol. The number of hydrogen-bond acceptors (Lipinski definition) is 6. The first-order valence-electron chi connectivity index (χ1n) is 14.2. The summed E-state index contributed by atoms with van der Waals surface area (Å²) in [5.41, 5.74) is 7.22. The van der Waals surface area contributed by atoms with Gasteiger partial charge in [0.2, 0.25) is 5.95 Å². The van der Waals surface area contributed by atoms with Gasteiger partial charge < -0.3 is 26.2 Å². The Hall–Kier alpha value is -3.79. The van der Waals surface area contributed by atoms with Crippen molar-refractivity contribution in [3.8, 4) is 11.3 Å². The second kappa shape index (κ2) is 12.8. The van der Waals surface area contributed by atoms with Crippen LogP contribution < -0.4 is 21.3 Å². The number of para-hydroxylation sites is 1. The molecular formula is C32H34BrN7O. The van der Waals surface area contributed by atoms with Crippen LogP contribution >= 0.6 is 15.9 Å². The Morgan fingerprint density at radius 2 is 1.76 bits per heavy atom. The number of halogens is 1. The number of aromatic nitrogens is 2. The zero-order valence-electron chi connectivity index (χ0n) is 22.9. The van der Waals surface area contributed by atoms with Gasteiger partial charge in [-0.15, -0.1) is 0 Å². The van der Waals surface area contributed by atoms with Gasteiger partial charge in [-0.2, -0.15) is 0 Å². The molecule has 210 valence electrons. The van der Waals surface area contributed by atoms with Crippen LogP contribution in [0.4, 0.5) is 22.1 Å². The van der Waals surface area contributed by atoms with Crippen molar-refractivity contribution in [3.63, 3.8) is 0 Å². The predicted octanol–water partition coefficient (Wildman–Crippen LogP) is 5.95. The summed E-state index contributed by atoms with van der Waals surface area (Å²) in [7, 11) is 0. The zero-order chi connectivity index (χ0) is 28.0. The molecule has 8 nitrogen and oxygen atoms in total. The maximum Gasteiger partial charge on any atom is 0.323 e. The normalized spacial score (nSPS) is 16.4. The molecule has 1 unspecified atom stereocenters. The fourth-order valence-electron chi connectivity index (χ4n) is 5.60. The van der Waals surface area contributed by atoms with Crippen LogP contribution in [-0.4, -0.2) is 60.2 Å². The second-order valence-corrected chi connectivity index (χ2v) is 11.3. The highest BCUT2D eigenvalue weighted by Crippen LogP contribution is 2.42. The Kier molecular flexibility index (Phi) is 8.55. The SMILES string of the molecule is O=C(Nc1ccc(C2Cc3cnc(NCCCN4CCNCC4)nc3-c3ccccc32)cc1)Nc1ccccc1Br. The molecule has 1 aliphatic carbocycles. The summed E-state index contributed by atoms with van der Waals surface area (Å²) in [5, 5.41) is 12.6. The van der Waals surface area contributed by atoms with Crippen LogP contribution in [0.15, 0.2) is 83.5 Å². The molecule has 41 heavy (non-hydrogen) atoms. The molecule has 1 aliphatic heterocycles. The lowest BCUT2D eigenvalue weighted by Gasteiger charge is -2.28. The molecule has 0 spiro atoms. The number of anilines is 3. The lowest BCUT2D eigenvalue weighted by molar-refractivity contribution is 0.240. The molecule has 3 aromatic carbocycles. The van der Waals surface area contributed by atoms with Crippen molar-refractivity contribution in [2.75, 3.05) is 55.2 Å². The molecule has 4 aromatic rings. The first-order chi connectivity index (χ1) is 20.1. The molecule has 1 atom stereocenters. The van der Waals surface area contributed by atoms with Crippen LogP contribution in [0.2, 0.25) is 0 Å². The standard InChI is InChI=1S/C32H34BrN7O/c33-28-8-3-4-9-29(28)38-32(41)37-24-12-10-22(11-13-24)27-20-23-21-36-31(35-14-5-17-40-18-15-34-16-19-40)39-30(23)26-7-2-1-6-25(26)27/h1-4,6-13,21,27,34H,5,14-20H2,(H,35,36,39)(H2,37,38,41). The van der Waals surface area contributed by atoms with E-state index in [9.17, 15) is 4.79 Å². The van der Waals surface area contributed by atoms with E-state index in [2.05, 4.69) is 83.5 Å². The minimum atomic E-state index is -0.285. The molecule has 2 aliphatic rings. The summed E-state index contributed by atoms with van der Waals surface area (Å²) >= 11 is 3.46. The molecule has 1 saturated heterocycles. The van der Waals surface area contributed by atoms with Crippen LogP contribution in [0.3, 0.4) is 0 Å². The van der Waals surface area contributed by atoms with Gasteiger partial charge in [0.25, 0.3) is 0 Å². The van der Waals surface area contributed by atoms with E-state index < -0.39 is 0 Å². The summed E-state index contributed by atoms with van der Waals surface area (Å²) in [4.78, 5) is 24.7. The van der Waals surface area contributed by atoms with E-state index in [-0.39, 0.29) is 11.9 Å². The second-order valence-electron chi connectivity index (χ2n) is 10.5. The number of carbonyl (C=O) groups excluding carboxylic acids is 1. The lowest BCUT2D eigenvalue weighted by Crippen LogP contribution is -2.44. The quantitative estimate of drug-likeness (QED) is 0.184. The van der Waals surface area contributed by atoms with Crippen molar-refractivity contribution < 1.29 is 4.79 Å². The van der Waals surface area contributed by atoms with Gasteiger partial charge in [0.05, 0.1) is 11.4 Å². The maximum absolute atomic E-state index is 12.5. The fraction of sp³-hybridized carbons (Fsp3) is 0.281. The van der Waals surface area contributed by atoms with Gasteiger partial charge in [-0.3, -0.25) is 0 Å². The Balaban J connectivity index is 1.12. The Labute approximate surface area is 249 Å². The van der Waals surface area contributed by atoms with E-state index in [1.54, 1.807) is 0 Å². The van der Waals surface area contributed by atoms with Crippen molar-refractivity contribution in [2.45, 2.75) is 18.8 Å². The van der Waals surface area contributed by atoms with Crippen molar-refractivity contribution in [3.05, 3.63) is 100 Å². The van der Waals surface area contributed by atoms with Crippen molar-refractivity contribution in [1.82, 2.24) is 20.2 Å². The van der Waals surface area contributed by atoms with Crippen molar-refractivity contribution >= 4 is 39.3 Å². The average Bonchev–Trinajstić information content (AvgIpc) is 3.01. The number of hydrogen-bond donors (Lipinski definition) is 4. The summed E-state index contributed by atoms with van der Waals surface area (Å²) in [6.07, 6.45) is 3.87. The monoisotopic (exact) mass is 611 g/mol. The Morgan fingerprint density at radius 3 is 2.59 bits per heavy atom. The number of nitrogens with one attached hydrogen (secondary N) is 4. The average molecular weight is 613 g/mol. The van der Waals surface area contributed by atoms with E-state index >= 15 is 0 Å². The third-order valence-corrected chi connectivity index (χ3v) is 8.41. The number of benzene rings is 3. The highest BCUT2D eigenvalue weighted by Gasteiger charge is 2.27. The lowest BCUT2D eigenvalue weighted by atomic mass is 9.78. The van der Waals surface area contributed by atoms with E-state index in [0.717, 1.165) is 84.8 Å². The molecule has 2 amide bonds. The summed E-state index contributed by atoms with van der Waals surface area (Å²) in [6.45, 7) is 6.34. The van der Waals surface area contributed by atoms with Crippen LogP contribution in [0, 0.1) is 0 Å². The topological polar surface area (TPSA) is 94.2 Å². The number of rotatable bonds is 8. The first-order valence-corrected chi connectivity index (χ1v) is 15.0. The van der Waals surface area contributed by atoms with Crippen molar-refractivity contribution in [1.29, 1.82) is 0 Å². The number of urea groups is 1. The van der Waals surface area contributed by atoms with Crippen LogP contribution in [0.25, 0.3) is 11.3 Å². The molecule has 6 rings (SSSR count). The Bertz CT molecular complexity index is 1500. The van der Waals surface area contributed by atoms with Crippen LogP contribution in [0.1, 0.15) is 29.0 Å². The van der Waals surface area contributed by atoms with Gasteiger partial charge in [0, 0.05) is 60.6 Å². The molecule has 9 heteroatoms. The van der Waals surface area contributed by atoms with Gasteiger partial charge >= 0.3 is 6.03 Å². The van der Waals surface area contributed by atoms with Crippen LogP contribution in [-0.2, 0) is 6.42 Å². The molecule has 1 fully saturated rings. The first kappa shape index (κ1) is 27.4. The van der Waals surface area contributed by atoms with Crippen molar-refractivity contribution in [2.24, 2.45) is 0 Å². The van der Waals surface area contributed by atoms with Gasteiger partial charge in [-0.25, -0.2) is 14.8 Å². The minimum absolute atomic E-state index is 0.184. The van der Waals surface area contributed by atoms with Gasteiger partial charge in [0.1, 0.15) is 0 Å². The number of fused-ring (bicyclic) bond motifs is 3. The van der Waals surface area contributed by atoms with Gasteiger partial charge in [-0.05, 0) is 76.3 Å². The zero-order valence-corrected chi connectivity index (χ0v) is 24.5. The largest absolute Gasteiger partial charge is 0.354 e. The third kappa shape index (κ3) is 6.59. The van der Waals surface area contributed by atoms with Gasteiger partial charge in [-0.1, -0.05) is 48.5 Å². The molecule has 0 saturated carbocycles. The summed E-state index contributed by atoms with van der Waals surface area (Å²) in [5.74, 6) is 0.872. The fourth-order valence-corrected chi connectivity index (χ4v) is 5.99. The highest BCUT2D eigenvalue weighted by molar-refractivity contribution is 9.10. The molecule has 0 bridgehead atoms. The number of carbonyl (C=O) groups is 1. The smallest absolute Gasteiger partial charge is 0.323 e. The van der Waals surface area contributed by atoms with E-state index in [1.165, 1.54) is 11.1 Å². The number of amides is 2. The van der Waals surface area contributed by atoms with E-state index in [1.807, 2.05) is 42.6 Å². The van der Waals surface area contributed by atoms with E-state index in [4.69, 9.17) is 4.98 Å². The molecule has 2 heterocycles.